The number of carbonyl (C=O) groups is 2. The smallest absolute Gasteiger partial charge is 0.411 e. The van der Waals surface area contributed by atoms with Gasteiger partial charge in [-0.1, -0.05) is 29.8 Å². The van der Waals surface area contributed by atoms with Crippen LogP contribution in [0.2, 0.25) is 0 Å². The van der Waals surface area contributed by atoms with E-state index in [0.29, 0.717) is 23.4 Å². The number of hydrogen-bond donors (Lipinski definition) is 1. The van der Waals surface area contributed by atoms with Crippen LogP contribution in [-0.4, -0.2) is 18.5 Å². The molecule has 0 saturated heterocycles. The van der Waals surface area contributed by atoms with Crippen molar-refractivity contribution in [2.45, 2.75) is 13.8 Å². The summed E-state index contributed by atoms with van der Waals surface area (Å²) in [5.41, 5.74) is 2.93. The van der Waals surface area contributed by atoms with Crippen LogP contribution in [0.5, 0.6) is 0 Å². The summed E-state index contributed by atoms with van der Waals surface area (Å²) in [5, 5.41) is 2.58. The van der Waals surface area contributed by atoms with Crippen LogP contribution in [0, 0.1) is 6.92 Å². The molecule has 1 amide bonds. The average Bonchev–Trinajstić information content (AvgIpc) is 2.48. The first-order valence-corrected chi connectivity index (χ1v) is 6.75. The predicted octanol–water partition coefficient (Wildman–Crippen LogP) is 3.79. The summed E-state index contributed by atoms with van der Waals surface area (Å²) in [6.07, 6.45) is -0.505. The highest BCUT2D eigenvalue weighted by atomic mass is 16.5. The number of ketones is 1. The van der Waals surface area contributed by atoms with Gasteiger partial charge in [0.1, 0.15) is 0 Å². The molecular formula is C17H17NO3. The molecule has 4 nitrogen and oxygen atoms in total. The van der Waals surface area contributed by atoms with Crippen molar-refractivity contribution in [3.63, 3.8) is 0 Å². The number of carbonyl (C=O) groups excluding carboxylic acids is 2. The molecule has 1 N–H and O–H groups in total. The van der Waals surface area contributed by atoms with Gasteiger partial charge in [-0.05, 0) is 38.1 Å². The minimum atomic E-state index is -0.505. The van der Waals surface area contributed by atoms with E-state index in [4.69, 9.17) is 4.74 Å². The van der Waals surface area contributed by atoms with Gasteiger partial charge in [-0.3, -0.25) is 10.1 Å². The van der Waals surface area contributed by atoms with Crippen molar-refractivity contribution in [3.05, 3.63) is 65.2 Å². The van der Waals surface area contributed by atoms with E-state index in [9.17, 15) is 9.59 Å². The zero-order valence-corrected chi connectivity index (χ0v) is 12.1. The van der Waals surface area contributed by atoms with E-state index in [0.717, 1.165) is 5.56 Å². The summed E-state index contributed by atoms with van der Waals surface area (Å²) in [7, 11) is 0. The summed E-state index contributed by atoms with van der Waals surface area (Å²) in [5.74, 6) is -0.0438. The maximum atomic E-state index is 12.3. The van der Waals surface area contributed by atoms with Crippen LogP contribution in [0.4, 0.5) is 10.5 Å². The van der Waals surface area contributed by atoms with Crippen LogP contribution >= 0.6 is 0 Å². The van der Waals surface area contributed by atoms with E-state index < -0.39 is 6.09 Å². The molecule has 4 heteroatoms. The van der Waals surface area contributed by atoms with Crippen molar-refractivity contribution < 1.29 is 14.3 Å². The maximum absolute atomic E-state index is 12.3. The Morgan fingerprint density at radius 2 is 1.48 bits per heavy atom. The zero-order chi connectivity index (χ0) is 15.2. The van der Waals surface area contributed by atoms with E-state index in [1.807, 2.05) is 31.2 Å². The lowest BCUT2D eigenvalue weighted by Gasteiger charge is -2.06. The second kappa shape index (κ2) is 6.70. The molecule has 2 aromatic rings. The molecule has 0 aromatic heterocycles. The van der Waals surface area contributed by atoms with Gasteiger partial charge in [0.15, 0.2) is 5.78 Å². The predicted molar refractivity (Wildman–Crippen MR) is 81.7 cm³/mol. The van der Waals surface area contributed by atoms with Gasteiger partial charge in [0.25, 0.3) is 0 Å². The number of aryl methyl sites for hydroxylation is 1. The van der Waals surface area contributed by atoms with Crippen LogP contribution in [0.25, 0.3) is 0 Å². The molecule has 0 aliphatic rings. The molecule has 2 aromatic carbocycles. The Hall–Kier alpha value is -2.62. The molecule has 0 unspecified atom stereocenters. The molecular weight excluding hydrogens is 266 g/mol. The Labute approximate surface area is 123 Å². The van der Waals surface area contributed by atoms with Gasteiger partial charge in [0.05, 0.1) is 6.61 Å². The van der Waals surface area contributed by atoms with Crippen molar-refractivity contribution in [3.8, 4) is 0 Å². The van der Waals surface area contributed by atoms with Crippen LogP contribution in [0.1, 0.15) is 28.4 Å². The first-order chi connectivity index (χ1) is 10.1. The molecule has 0 atom stereocenters. The van der Waals surface area contributed by atoms with Crippen LogP contribution < -0.4 is 5.32 Å². The second-order valence-corrected chi connectivity index (χ2v) is 4.62. The number of rotatable bonds is 4. The third-order valence-electron chi connectivity index (χ3n) is 2.98. The molecule has 0 bridgehead atoms. The van der Waals surface area contributed by atoms with Crippen molar-refractivity contribution in [2.24, 2.45) is 0 Å². The third-order valence-corrected chi connectivity index (χ3v) is 2.98. The van der Waals surface area contributed by atoms with E-state index >= 15 is 0 Å². The lowest BCUT2D eigenvalue weighted by atomic mass is 10.0. The molecule has 0 radical (unpaired) electrons. The lowest BCUT2D eigenvalue weighted by Crippen LogP contribution is -2.13. The van der Waals surface area contributed by atoms with E-state index in [-0.39, 0.29) is 5.78 Å². The molecule has 0 saturated carbocycles. The molecule has 0 heterocycles. The number of nitrogens with one attached hydrogen (secondary N) is 1. The Morgan fingerprint density at radius 3 is 2.00 bits per heavy atom. The van der Waals surface area contributed by atoms with Crippen molar-refractivity contribution in [2.75, 3.05) is 11.9 Å². The summed E-state index contributed by atoms with van der Waals surface area (Å²) in [6.45, 7) is 4.03. The minimum Gasteiger partial charge on any atom is -0.450 e. The van der Waals surface area contributed by atoms with Crippen LogP contribution in [0.3, 0.4) is 0 Å². The monoisotopic (exact) mass is 283 g/mol. The first kappa shape index (κ1) is 14.8. The fourth-order valence-electron chi connectivity index (χ4n) is 1.86. The number of anilines is 1. The van der Waals surface area contributed by atoms with E-state index in [1.165, 1.54) is 0 Å². The van der Waals surface area contributed by atoms with Gasteiger partial charge in [0.2, 0.25) is 0 Å². The number of ether oxygens (including phenoxy) is 1. The van der Waals surface area contributed by atoms with Crippen LogP contribution in [-0.2, 0) is 4.74 Å². The summed E-state index contributed by atoms with van der Waals surface area (Å²) < 4.78 is 4.79. The Morgan fingerprint density at radius 1 is 0.952 bits per heavy atom. The molecule has 0 aliphatic heterocycles. The number of hydrogen-bond acceptors (Lipinski definition) is 3. The normalized spacial score (nSPS) is 10.0. The van der Waals surface area contributed by atoms with Crippen molar-refractivity contribution >= 4 is 17.6 Å². The van der Waals surface area contributed by atoms with Gasteiger partial charge in [-0.2, -0.15) is 0 Å². The molecule has 0 fully saturated rings. The van der Waals surface area contributed by atoms with Crippen molar-refractivity contribution in [1.29, 1.82) is 0 Å². The third kappa shape index (κ3) is 3.92. The molecule has 0 aliphatic carbocycles. The largest absolute Gasteiger partial charge is 0.450 e. The standard InChI is InChI=1S/C17H17NO3/c1-3-21-17(20)18-15-10-8-14(9-11-15)16(19)13-6-4-12(2)5-7-13/h4-11H,3H2,1-2H3,(H,18,20). The lowest BCUT2D eigenvalue weighted by molar-refractivity contribution is 0.103. The zero-order valence-electron chi connectivity index (χ0n) is 12.1. The summed E-state index contributed by atoms with van der Waals surface area (Å²) in [4.78, 5) is 23.6. The average molecular weight is 283 g/mol. The van der Waals surface area contributed by atoms with Gasteiger partial charge < -0.3 is 4.74 Å². The maximum Gasteiger partial charge on any atom is 0.411 e. The highest BCUT2D eigenvalue weighted by molar-refractivity contribution is 6.09. The van der Waals surface area contributed by atoms with Gasteiger partial charge in [-0.15, -0.1) is 0 Å². The molecule has 2 rings (SSSR count). The fourth-order valence-corrected chi connectivity index (χ4v) is 1.86. The Bertz CT molecular complexity index is 630. The summed E-state index contributed by atoms with van der Waals surface area (Å²) >= 11 is 0. The van der Waals surface area contributed by atoms with Crippen molar-refractivity contribution in [1.82, 2.24) is 0 Å². The molecule has 0 spiro atoms. The molecule has 108 valence electrons. The second-order valence-electron chi connectivity index (χ2n) is 4.62. The topological polar surface area (TPSA) is 55.4 Å². The Kier molecular flexibility index (Phi) is 4.72. The molecule has 21 heavy (non-hydrogen) atoms. The highest BCUT2D eigenvalue weighted by Crippen LogP contribution is 2.14. The number of amides is 1. The fraction of sp³-hybridized carbons (Fsp3) is 0.176. The quantitative estimate of drug-likeness (QED) is 0.868. The Balaban J connectivity index is 2.09. The van der Waals surface area contributed by atoms with Crippen LogP contribution in [0.15, 0.2) is 48.5 Å². The SMILES string of the molecule is CCOC(=O)Nc1ccc(C(=O)c2ccc(C)cc2)cc1. The minimum absolute atomic E-state index is 0.0438. The van der Waals surface area contributed by atoms with Gasteiger partial charge >= 0.3 is 6.09 Å². The highest BCUT2D eigenvalue weighted by Gasteiger charge is 2.09. The van der Waals surface area contributed by atoms with E-state index in [1.54, 1.807) is 31.2 Å². The number of benzene rings is 2. The van der Waals surface area contributed by atoms with Gasteiger partial charge in [-0.25, -0.2) is 4.79 Å². The van der Waals surface area contributed by atoms with Gasteiger partial charge in [0, 0.05) is 16.8 Å². The van der Waals surface area contributed by atoms with E-state index in [2.05, 4.69) is 5.32 Å². The first-order valence-electron chi connectivity index (χ1n) is 6.75. The summed E-state index contributed by atoms with van der Waals surface area (Å²) in [6, 6.07) is 14.2.